The van der Waals surface area contributed by atoms with E-state index in [1.165, 1.54) is 88.6 Å². The molecule has 6 nitrogen and oxygen atoms in total. The molecule has 0 fully saturated rings. The summed E-state index contributed by atoms with van der Waals surface area (Å²) in [6.45, 7) is 21.0. The van der Waals surface area contributed by atoms with E-state index < -0.39 is 5.54 Å². The Kier molecular flexibility index (Phi) is 10.6. The molecule has 78 heavy (non-hydrogen) atoms. The van der Waals surface area contributed by atoms with Crippen LogP contribution in [0.2, 0.25) is 0 Å². The summed E-state index contributed by atoms with van der Waals surface area (Å²) in [5.74, 6) is 0.161. The van der Waals surface area contributed by atoms with Gasteiger partial charge < -0.3 is 9.80 Å². The molecular formula is C72H60N6. The standard InChI is InChI=1S/C72H60N6/c1-42-31-49(24-21-47(42)41-76)77(48-22-18-44(38-73)19-23-48)65-36-62-67(52-16-12-10-14-50(52)65)56-34-58-54(32-60(56)70(62,5)6)55-33-61-57(35-59(55)69(58,3)4)68-53-17-13-11-15-51(53)66(37-63(68)71(61,7)8)78(64-25-20-46(40-75)30-43(64)2)72(9)28-26-45(39-74)27-29-72/h10-28,32-37,42-43H,29-31H2,1-9H3. The van der Waals surface area contributed by atoms with Crippen LogP contribution in [0.4, 0.5) is 17.1 Å². The Labute approximate surface area is 458 Å². The van der Waals surface area contributed by atoms with E-state index in [2.05, 4.69) is 206 Å². The van der Waals surface area contributed by atoms with Crippen molar-refractivity contribution in [1.82, 2.24) is 0 Å². The van der Waals surface area contributed by atoms with E-state index >= 15 is 0 Å². The highest BCUT2D eigenvalue weighted by atomic mass is 15.2. The fourth-order valence-corrected chi connectivity index (χ4v) is 14.4. The monoisotopic (exact) mass is 1010 g/mol. The third kappa shape index (κ3) is 6.83. The van der Waals surface area contributed by atoms with Crippen LogP contribution < -0.4 is 9.80 Å². The zero-order chi connectivity index (χ0) is 54.4. The first-order valence-corrected chi connectivity index (χ1v) is 27.5. The lowest BCUT2D eigenvalue weighted by molar-refractivity contribution is 0.507. The van der Waals surface area contributed by atoms with Crippen molar-refractivity contribution in [1.29, 1.82) is 21.0 Å². The Morgan fingerprint density at radius 1 is 0.500 bits per heavy atom. The van der Waals surface area contributed by atoms with E-state index in [1.54, 1.807) is 0 Å². The minimum atomic E-state index is -0.474. The number of fused-ring (bicyclic) bond motifs is 13. The maximum absolute atomic E-state index is 9.98. The number of anilines is 3. The molecule has 3 unspecified atom stereocenters. The molecule has 378 valence electrons. The molecule has 7 aromatic carbocycles. The van der Waals surface area contributed by atoms with Gasteiger partial charge in [-0.1, -0.05) is 116 Å². The lowest BCUT2D eigenvalue weighted by Gasteiger charge is -2.46. The summed E-state index contributed by atoms with van der Waals surface area (Å²) in [4.78, 5) is 4.89. The zero-order valence-corrected chi connectivity index (χ0v) is 45.9. The largest absolute Gasteiger partial charge is 0.335 e. The van der Waals surface area contributed by atoms with E-state index in [4.69, 9.17) is 0 Å². The molecule has 6 aliphatic carbocycles. The van der Waals surface area contributed by atoms with Gasteiger partial charge in [0.2, 0.25) is 0 Å². The van der Waals surface area contributed by atoms with Gasteiger partial charge in [0.15, 0.2) is 0 Å². The van der Waals surface area contributed by atoms with Gasteiger partial charge in [-0.05, 0) is 201 Å². The SMILES string of the molecule is CC1CC(N(c2ccc(C#N)cc2)c2cc3c(c4ccccc24)-c2cc4c(cc2C3(C)C)-c2cc3c(cc2C4(C)C)-c2c(cc(N(C4=CC=C(C#N)CC4C)C4(C)C=CC(C#N)=CC4)c4ccccc24)C3(C)C)=CC=C1C#N. The maximum atomic E-state index is 9.98. The molecule has 0 bridgehead atoms. The summed E-state index contributed by atoms with van der Waals surface area (Å²) in [5.41, 5.74) is 22.5. The Balaban J connectivity index is 0.969. The fraction of sp³-hybridized carbons (Fsp3) is 0.250. The molecule has 0 radical (unpaired) electrons. The van der Waals surface area contributed by atoms with Crippen LogP contribution in [-0.2, 0) is 16.2 Å². The predicted octanol–water partition coefficient (Wildman–Crippen LogP) is 17.6. The van der Waals surface area contributed by atoms with E-state index in [1.807, 2.05) is 42.5 Å². The number of rotatable bonds is 6. The van der Waals surface area contributed by atoms with Crippen LogP contribution in [0.3, 0.4) is 0 Å². The molecule has 0 saturated carbocycles. The number of nitriles is 4. The Morgan fingerprint density at radius 3 is 1.55 bits per heavy atom. The number of allylic oxidation sites excluding steroid dienone is 10. The van der Waals surface area contributed by atoms with E-state index in [0.717, 1.165) is 39.3 Å². The Morgan fingerprint density at radius 2 is 1.04 bits per heavy atom. The van der Waals surface area contributed by atoms with Crippen LogP contribution in [0.1, 0.15) is 121 Å². The smallest absolute Gasteiger partial charge is 0.0991 e. The van der Waals surface area contributed by atoms with Crippen molar-refractivity contribution in [2.75, 3.05) is 9.80 Å². The van der Waals surface area contributed by atoms with Gasteiger partial charge in [0.05, 0.1) is 41.1 Å². The number of hydrogen-bond donors (Lipinski definition) is 0. The Bertz CT molecular complexity index is 4250. The molecule has 3 atom stereocenters. The molecule has 7 aromatic rings. The van der Waals surface area contributed by atoms with Crippen molar-refractivity contribution in [2.45, 2.75) is 103 Å². The summed E-state index contributed by atoms with van der Waals surface area (Å²) in [7, 11) is 0. The van der Waals surface area contributed by atoms with Crippen molar-refractivity contribution in [2.24, 2.45) is 11.8 Å². The second-order valence-electron chi connectivity index (χ2n) is 24.5. The molecule has 0 amide bonds. The highest BCUT2D eigenvalue weighted by Gasteiger charge is 2.47. The number of hydrogen-bond acceptors (Lipinski definition) is 6. The highest BCUT2D eigenvalue weighted by Crippen LogP contribution is 2.62. The lowest BCUT2D eigenvalue weighted by atomic mass is 9.78. The third-order valence-corrected chi connectivity index (χ3v) is 18.8. The predicted molar refractivity (Wildman–Crippen MR) is 317 cm³/mol. The second kappa shape index (κ2) is 17.0. The number of benzene rings is 7. The Hall–Kier alpha value is -8.94. The average molecular weight is 1010 g/mol. The summed E-state index contributed by atoms with van der Waals surface area (Å²) in [6.07, 6.45) is 16.5. The highest BCUT2D eigenvalue weighted by molar-refractivity contribution is 6.12. The van der Waals surface area contributed by atoms with E-state index in [0.29, 0.717) is 30.4 Å². The van der Waals surface area contributed by atoms with Gasteiger partial charge in [-0.3, -0.25) is 0 Å². The van der Waals surface area contributed by atoms with Gasteiger partial charge in [0.1, 0.15) is 0 Å². The molecule has 0 heterocycles. The summed E-state index contributed by atoms with van der Waals surface area (Å²) < 4.78 is 0. The quantitative estimate of drug-likeness (QED) is 0.164. The van der Waals surface area contributed by atoms with Crippen molar-refractivity contribution >= 4 is 38.6 Å². The van der Waals surface area contributed by atoms with Crippen LogP contribution in [0, 0.1) is 57.2 Å². The van der Waals surface area contributed by atoms with Crippen LogP contribution in [0.15, 0.2) is 180 Å². The molecule has 13 rings (SSSR count). The average Bonchev–Trinajstić information content (AvgIpc) is 4.15. The summed E-state index contributed by atoms with van der Waals surface area (Å²) in [5, 5.41) is 44.4. The molecule has 0 aliphatic heterocycles. The number of nitrogens with zero attached hydrogens (tertiary/aromatic N) is 6. The van der Waals surface area contributed by atoms with Crippen molar-refractivity contribution in [3.8, 4) is 57.7 Å². The van der Waals surface area contributed by atoms with Crippen molar-refractivity contribution in [3.63, 3.8) is 0 Å². The normalized spacial score (nSPS) is 21.1. The molecular weight excluding hydrogens is 949 g/mol. The van der Waals surface area contributed by atoms with E-state index in [-0.39, 0.29) is 28.1 Å². The van der Waals surface area contributed by atoms with Crippen LogP contribution in [0.5, 0.6) is 0 Å². The lowest BCUT2D eigenvalue weighted by Crippen LogP contribution is -2.47. The summed E-state index contributed by atoms with van der Waals surface area (Å²) in [6, 6.07) is 50.2. The van der Waals surface area contributed by atoms with Crippen molar-refractivity contribution in [3.05, 3.63) is 219 Å². The first-order chi connectivity index (χ1) is 37.4. The van der Waals surface area contributed by atoms with Crippen LogP contribution in [0.25, 0.3) is 54.9 Å². The first kappa shape index (κ1) is 48.7. The molecule has 0 saturated heterocycles. The van der Waals surface area contributed by atoms with Gasteiger partial charge in [0.25, 0.3) is 0 Å². The van der Waals surface area contributed by atoms with Crippen molar-refractivity contribution < 1.29 is 0 Å². The fourth-order valence-electron chi connectivity index (χ4n) is 14.4. The van der Waals surface area contributed by atoms with Crippen LogP contribution in [-0.4, -0.2) is 5.54 Å². The molecule has 6 heteroatoms. The molecule has 0 spiro atoms. The zero-order valence-electron chi connectivity index (χ0n) is 45.9. The van der Waals surface area contributed by atoms with Gasteiger partial charge in [-0.15, -0.1) is 0 Å². The van der Waals surface area contributed by atoms with Crippen LogP contribution >= 0.6 is 0 Å². The minimum absolute atomic E-state index is 0.0613. The molecule has 0 N–H and O–H groups in total. The van der Waals surface area contributed by atoms with Gasteiger partial charge in [-0.2, -0.15) is 21.0 Å². The van der Waals surface area contributed by atoms with E-state index in [9.17, 15) is 21.0 Å². The van der Waals surface area contributed by atoms with Gasteiger partial charge >= 0.3 is 0 Å². The molecule has 6 aliphatic rings. The first-order valence-electron chi connectivity index (χ1n) is 27.5. The summed E-state index contributed by atoms with van der Waals surface area (Å²) >= 11 is 0. The minimum Gasteiger partial charge on any atom is -0.335 e. The molecule has 0 aromatic heterocycles. The van der Waals surface area contributed by atoms with Gasteiger partial charge in [0, 0.05) is 72.4 Å². The van der Waals surface area contributed by atoms with Gasteiger partial charge in [-0.25, -0.2) is 0 Å². The second-order valence-corrected chi connectivity index (χ2v) is 24.5. The maximum Gasteiger partial charge on any atom is 0.0991 e. The third-order valence-electron chi connectivity index (χ3n) is 18.8. The topological polar surface area (TPSA) is 102 Å².